The Morgan fingerprint density at radius 2 is 1.96 bits per heavy atom. The average Bonchev–Trinajstić information content (AvgIpc) is 3.11. The van der Waals surface area contributed by atoms with Gasteiger partial charge in [0.1, 0.15) is 11.6 Å². The summed E-state index contributed by atoms with van der Waals surface area (Å²) < 4.78 is 13.4. The number of hydrogen-bond acceptors (Lipinski definition) is 5. The van der Waals surface area contributed by atoms with Gasteiger partial charge >= 0.3 is 0 Å². The van der Waals surface area contributed by atoms with E-state index in [0.717, 1.165) is 41.3 Å². The second-order valence-corrected chi connectivity index (χ2v) is 8.04. The molecule has 1 N–H and O–H groups in total. The lowest BCUT2D eigenvalue weighted by atomic mass is 10.0. The second-order valence-electron chi connectivity index (χ2n) is 7.09. The van der Waals surface area contributed by atoms with Crippen molar-refractivity contribution in [2.45, 2.75) is 40.2 Å². The SMILES string of the molecule is Cc1cc(F)ccc1Nc1nc(C)c(C)c(N2CCc3ccsc3C2C)n1.Cl. The lowest BCUT2D eigenvalue weighted by Crippen LogP contribution is -2.34. The van der Waals surface area contributed by atoms with E-state index >= 15 is 0 Å². The van der Waals surface area contributed by atoms with Crippen LogP contribution in [0.4, 0.5) is 21.8 Å². The van der Waals surface area contributed by atoms with E-state index in [1.165, 1.54) is 22.6 Å². The number of benzene rings is 1. The first-order chi connectivity index (χ1) is 12.9. The highest BCUT2D eigenvalue weighted by Gasteiger charge is 2.28. The highest BCUT2D eigenvalue weighted by molar-refractivity contribution is 7.10. The molecule has 28 heavy (non-hydrogen) atoms. The Bertz CT molecular complexity index is 1000. The van der Waals surface area contributed by atoms with E-state index < -0.39 is 0 Å². The number of rotatable bonds is 3. The van der Waals surface area contributed by atoms with E-state index in [0.29, 0.717) is 12.0 Å². The normalized spacial score (nSPS) is 15.8. The zero-order valence-electron chi connectivity index (χ0n) is 16.4. The maximum Gasteiger partial charge on any atom is 0.229 e. The second kappa shape index (κ2) is 8.05. The van der Waals surface area contributed by atoms with Crippen molar-refractivity contribution < 1.29 is 4.39 Å². The van der Waals surface area contributed by atoms with Crippen molar-refractivity contribution >= 4 is 41.2 Å². The first kappa shape index (κ1) is 20.6. The van der Waals surface area contributed by atoms with E-state index in [1.54, 1.807) is 6.07 Å². The third kappa shape index (κ3) is 3.71. The number of fused-ring (bicyclic) bond motifs is 1. The Kier molecular flexibility index (Phi) is 5.91. The molecule has 1 aliphatic heterocycles. The Morgan fingerprint density at radius 1 is 1.18 bits per heavy atom. The summed E-state index contributed by atoms with van der Waals surface area (Å²) in [6.45, 7) is 9.14. The number of nitrogens with zero attached hydrogens (tertiary/aromatic N) is 3. The molecule has 3 heterocycles. The fourth-order valence-corrected chi connectivity index (χ4v) is 4.65. The van der Waals surface area contributed by atoms with Gasteiger partial charge in [-0.1, -0.05) is 0 Å². The molecule has 148 valence electrons. The van der Waals surface area contributed by atoms with E-state index in [4.69, 9.17) is 4.98 Å². The number of anilines is 3. The molecule has 0 aliphatic carbocycles. The van der Waals surface area contributed by atoms with Crippen LogP contribution in [0.3, 0.4) is 0 Å². The third-order valence-corrected chi connectivity index (χ3v) is 6.45. The Labute approximate surface area is 175 Å². The summed E-state index contributed by atoms with van der Waals surface area (Å²) in [7, 11) is 0. The van der Waals surface area contributed by atoms with Crippen LogP contribution in [0.25, 0.3) is 0 Å². The van der Waals surface area contributed by atoms with Crippen molar-refractivity contribution in [3.63, 3.8) is 0 Å². The monoisotopic (exact) mass is 418 g/mol. The van der Waals surface area contributed by atoms with Crippen LogP contribution in [-0.2, 0) is 6.42 Å². The first-order valence-corrected chi connectivity index (χ1v) is 10.0. The highest BCUT2D eigenvalue weighted by Crippen LogP contribution is 2.37. The smallest absolute Gasteiger partial charge is 0.229 e. The van der Waals surface area contributed by atoms with Gasteiger partial charge in [0.2, 0.25) is 5.95 Å². The summed E-state index contributed by atoms with van der Waals surface area (Å²) in [5.41, 5.74) is 5.15. The molecule has 0 spiro atoms. The molecule has 1 aliphatic rings. The van der Waals surface area contributed by atoms with Gasteiger partial charge in [-0.15, -0.1) is 23.7 Å². The van der Waals surface area contributed by atoms with Gasteiger partial charge in [-0.2, -0.15) is 4.98 Å². The molecule has 1 atom stereocenters. The van der Waals surface area contributed by atoms with E-state index in [2.05, 4.69) is 40.5 Å². The Hall–Kier alpha value is -2.18. The minimum Gasteiger partial charge on any atom is -0.348 e. The zero-order valence-corrected chi connectivity index (χ0v) is 18.0. The molecule has 1 aromatic carbocycles. The van der Waals surface area contributed by atoms with Crippen molar-refractivity contribution in [3.8, 4) is 0 Å². The molecule has 3 aromatic rings. The molecular formula is C21H24ClFN4S. The van der Waals surface area contributed by atoms with Gasteiger partial charge in [-0.25, -0.2) is 9.37 Å². The zero-order chi connectivity index (χ0) is 19.1. The summed E-state index contributed by atoms with van der Waals surface area (Å²) in [5.74, 6) is 1.27. The van der Waals surface area contributed by atoms with Gasteiger partial charge in [0.05, 0.1) is 6.04 Å². The molecule has 7 heteroatoms. The van der Waals surface area contributed by atoms with Crippen LogP contribution in [0.15, 0.2) is 29.6 Å². The molecule has 0 fully saturated rings. The Morgan fingerprint density at radius 3 is 2.71 bits per heavy atom. The van der Waals surface area contributed by atoms with Crippen LogP contribution in [0, 0.1) is 26.6 Å². The van der Waals surface area contributed by atoms with Crippen LogP contribution in [-0.4, -0.2) is 16.5 Å². The van der Waals surface area contributed by atoms with Crippen molar-refractivity contribution in [1.82, 2.24) is 9.97 Å². The first-order valence-electron chi connectivity index (χ1n) is 9.15. The molecule has 0 saturated carbocycles. The lowest BCUT2D eigenvalue weighted by molar-refractivity contribution is 0.626. The topological polar surface area (TPSA) is 41.1 Å². The molecule has 0 saturated heterocycles. The molecule has 0 radical (unpaired) electrons. The third-order valence-electron chi connectivity index (χ3n) is 5.32. The molecule has 0 amide bonds. The number of halogens is 2. The summed E-state index contributed by atoms with van der Waals surface area (Å²) in [4.78, 5) is 13.2. The molecular weight excluding hydrogens is 395 g/mol. The number of nitrogens with one attached hydrogen (secondary N) is 1. The van der Waals surface area contributed by atoms with Crippen LogP contribution in [0.1, 0.15) is 40.2 Å². The number of hydrogen-bond donors (Lipinski definition) is 1. The minimum atomic E-state index is -0.242. The fraction of sp³-hybridized carbons (Fsp3) is 0.333. The highest BCUT2D eigenvalue weighted by atomic mass is 35.5. The number of aryl methyl sites for hydroxylation is 2. The standard InChI is InChI=1S/C21H23FN4S.ClH/c1-12-11-17(22)5-6-18(12)24-21-23-14(3)13(2)20(25-21)26-9-7-16-8-10-27-19(16)15(26)4;/h5-6,8,10-11,15H,7,9H2,1-4H3,(H,23,24,25);1H. The van der Waals surface area contributed by atoms with Crippen molar-refractivity contribution in [2.75, 3.05) is 16.8 Å². The molecule has 4 nitrogen and oxygen atoms in total. The minimum absolute atomic E-state index is 0. The van der Waals surface area contributed by atoms with Crippen molar-refractivity contribution in [1.29, 1.82) is 0 Å². The molecule has 1 unspecified atom stereocenters. The largest absolute Gasteiger partial charge is 0.348 e. The predicted octanol–water partition coefficient (Wildman–Crippen LogP) is 5.89. The maximum atomic E-state index is 13.4. The van der Waals surface area contributed by atoms with Crippen molar-refractivity contribution in [3.05, 3.63) is 62.7 Å². The van der Waals surface area contributed by atoms with E-state index in [9.17, 15) is 4.39 Å². The van der Waals surface area contributed by atoms with Gasteiger partial charge in [-0.3, -0.25) is 0 Å². The van der Waals surface area contributed by atoms with Crippen LogP contribution in [0.2, 0.25) is 0 Å². The number of thiophene rings is 1. The van der Waals surface area contributed by atoms with Gasteiger partial charge in [0, 0.05) is 28.4 Å². The number of aromatic nitrogens is 2. The Balaban J connectivity index is 0.00000225. The summed E-state index contributed by atoms with van der Waals surface area (Å²) in [6, 6.07) is 7.21. The lowest BCUT2D eigenvalue weighted by Gasteiger charge is -2.35. The van der Waals surface area contributed by atoms with Crippen molar-refractivity contribution in [2.24, 2.45) is 0 Å². The summed E-state index contributed by atoms with van der Waals surface area (Å²) in [5, 5.41) is 5.44. The molecule has 2 aromatic heterocycles. The predicted molar refractivity (Wildman–Crippen MR) is 117 cm³/mol. The maximum absolute atomic E-state index is 13.4. The molecule has 4 rings (SSSR count). The van der Waals surface area contributed by atoms with Gasteiger partial charge in [0.25, 0.3) is 0 Å². The summed E-state index contributed by atoms with van der Waals surface area (Å²) >= 11 is 1.82. The van der Waals surface area contributed by atoms with Crippen LogP contribution >= 0.6 is 23.7 Å². The molecule has 0 bridgehead atoms. The van der Waals surface area contributed by atoms with Crippen LogP contribution < -0.4 is 10.2 Å². The average molecular weight is 419 g/mol. The van der Waals surface area contributed by atoms with Crippen LogP contribution in [0.5, 0.6) is 0 Å². The van der Waals surface area contributed by atoms with E-state index in [-0.39, 0.29) is 18.2 Å². The van der Waals surface area contributed by atoms with Gasteiger partial charge in [0.15, 0.2) is 0 Å². The fourth-order valence-electron chi connectivity index (χ4n) is 3.62. The van der Waals surface area contributed by atoms with Gasteiger partial charge < -0.3 is 10.2 Å². The quantitative estimate of drug-likeness (QED) is 0.575. The van der Waals surface area contributed by atoms with E-state index in [1.807, 2.05) is 25.2 Å². The summed E-state index contributed by atoms with van der Waals surface area (Å²) in [6.07, 6.45) is 1.03. The van der Waals surface area contributed by atoms with Gasteiger partial charge in [-0.05, 0) is 74.9 Å².